The molecular weight excluding hydrogens is 624 g/mol. The Morgan fingerprint density at radius 3 is 2.52 bits per heavy atom. The smallest absolute Gasteiger partial charge is 0.324 e. The third-order valence-electron chi connectivity index (χ3n) is 8.23. The van der Waals surface area contributed by atoms with Crippen molar-refractivity contribution >= 4 is 34.6 Å². The maximum Gasteiger partial charge on any atom is 0.324 e. The van der Waals surface area contributed by atoms with E-state index in [1.165, 1.54) is 0 Å². The Hall–Kier alpha value is -4.91. The molecule has 0 saturated heterocycles. The summed E-state index contributed by atoms with van der Waals surface area (Å²) in [4.78, 5) is 26.5. The van der Waals surface area contributed by atoms with Crippen LogP contribution in [0.4, 0.5) is 5.95 Å². The van der Waals surface area contributed by atoms with Gasteiger partial charge < -0.3 is 19.8 Å². The second-order valence-corrected chi connectivity index (χ2v) is 12.2. The first-order valence-corrected chi connectivity index (χ1v) is 16.4. The molecule has 0 saturated carbocycles. The van der Waals surface area contributed by atoms with E-state index in [0.29, 0.717) is 29.7 Å². The lowest BCUT2D eigenvalue weighted by Gasteiger charge is -2.24. The van der Waals surface area contributed by atoms with Crippen molar-refractivity contribution in [1.29, 1.82) is 0 Å². The van der Waals surface area contributed by atoms with Crippen molar-refractivity contribution in [3.05, 3.63) is 112 Å². The SMILES string of the molecule is CCCC(C)OC(=O)[C@@H](NCc1ccc(C#Cc2cn(Cc3ncc(C)c(OC)c3C)c3nc(N)nc(Cl)c23)cc1)C1C=CC=CC=C1. The van der Waals surface area contributed by atoms with Crippen molar-refractivity contribution in [1.82, 2.24) is 24.8 Å². The molecule has 10 heteroatoms. The molecule has 0 amide bonds. The topological polar surface area (TPSA) is 117 Å². The summed E-state index contributed by atoms with van der Waals surface area (Å²) in [6.07, 6.45) is 17.2. The van der Waals surface area contributed by atoms with Gasteiger partial charge in [0.2, 0.25) is 5.95 Å². The quantitative estimate of drug-likeness (QED) is 0.104. The van der Waals surface area contributed by atoms with E-state index in [0.717, 1.165) is 46.5 Å². The Labute approximate surface area is 286 Å². The van der Waals surface area contributed by atoms with E-state index in [1.807, 2.05) is 92.3 Å². The normalized spacial score (nSPS) is 14.0. The highest BCUT2D eigenvalue weighted by Crippen LogP contribution is 2.29. The summed E-state index contributed by atoms with van der Waals surface area (Å²) in [6, 6.07) is 7.39. The third-order valence-corrected chi connectivity index (χ3v) is 8.51. The maximum absolute atomic E-state index is 13.2. The molecule has 248 valence electrons. The number of carbonyl (C=O) groups excluding carboxylic acids is 1. The van der Waals surface area contributed by atoms with Gasteiger partial charge in [0.15, 0.2) is 0 Å². The maximum atomic E-state index is 13.2. The molecule has 0 aliphatic heterocycles. The largest absolute Gasteiger partial charge is 0.496 e. The van der Waals surface area contributed by atoms with Crippen LogP contribution in [0.25, 0.3) is 11.0 Å². The van der Waals surface area contributed by atoms with Gasteiger partial charge in [-0.3, -0.25) is 15.1 Å². The number of methoxy groups -OCH3 is 1. The first-order valence-electron chi connectivity index (χ1n) is 16.1. The van der Waals surface area contributed by atoms with E-state index in [2.05, 4.69) is 39.0 Å². The number of rotatable bonds is 11. The van der Waals surface area contributed by atoms with Gasteiger partial charge in [0.05, 0.1) is 36.4 Å². The molecule has 0 spiro atoms. The van der Waals surface area contributed by atoms with Crippen molar-refractivity contribution < 1.29 is 14.3 Å². The number of carbonyl (C=O) groups is 1. The van der Waals surface area contributed by atoms with Gasteiger partial charge in [-0.2, -0.15) is 4.98 Å². The summed E-state index contributed by atoms with van der Waals surface area (Å²) < 4.78 is 13.3. The molecule has 4 aromatic rings. The molecule has 0 bridgehead atoms. The van der Waals surface area contributed by atoms with E-state index in [4.69, 9.17) is 26.8 Å². The zero-order chi connectivity index (χ0) is 34.2. The fourth-order valence-corrected chi connectivity index (χ4v) is 6.03. The second-order valence-electron chi connectivity index (χ2n) is 11.9. The van der Waals surface area contributed by atoms with Gasteiger partial charge in [-0.05, 0) is 44.9 Å². The number of pyridine rings is 1. The van der Waals surface area contributed by atoms with Crippen molar-refractivity contribution in [3.8, 4) is 17.6 Å². The molecular formula is C38H41ClN6O3. The van der Waals surface area contributed by atoms with Crippen molar-refractivity contribution in [2.75, 3.05) is 12.8 Å². The Balaban J connectivity index is 1.35. The third kappa shape index (κ3) is 8.14. The number of benzene rings is 1. The monoisotopic (exact) mass is 664 g/mol. The number of fused-ring (bicyclic) bond motifs is 1. The number of nitrogen functional groups attached to an aromatic ring is 1. The first-order chi connectivity index (χ1) is 23.2. The summed E-state index contributed by atoms with van der Waals surface area (Å²) >= 11 is 6.58. The number of aromatic nitrogens is 4. The van der Waals surface area contributed by atoms with Crippen LogP contribution in [0.1, 0.15) is 60.2 Å². The molecule has 0 radical (unpaired) electrons. The van der Waals surface area contributed by atoms with Gasteiger partial charge in [0, 0.05) is 41.5 Å². The van der Waals surface area contributed by atoms with E-state index < -0.39 is 6.04 Å². The van der Waals surface area contributed by atoms with Crippen LogP contribution in [0.3, 0.4) is 0 Å². The number of hydrogen-bond donors (Lipinski definition) is 2. The molecule has 1 aromatic carbocycles. The second kappa shape index (κ2) is 15.8. The fraction of sp³-hybridized carbons (Fsp3) is 0.316. The number of aryl methyl sites for hydroxylation is 1. The number of allylic oxidation sites excluding steroid dienone is 4. The predicted molar refractivity (Wildman–Crippen MR) is 191 cm³/mol. The average Bonchev–Trinajstić information content (AvgIpc) is 3.19. The highest BCUT2D eigenvalue weighted by Gasteiger charge is 2.27. The fourth-order valence-electron chi connectivity index (χ4n) is 5.75. The number of halogens is 1. The minimum atomic E-state index is -0.519. The molecule has 1 unspecified atom stereocenters. The number of hydrogen-bond acceptors (Lipinski definition) is 8. The molecule has 9 nitrogen and oxygen atoms in total. The molecule has 1 aliphatic carbocycles. The zero-order valence-corrected chi connectivity index (χ0v) is 28.7. The zero-order valence-electron chi connectivity index (χ0n) is 28.0. The molecule has 5 rings (SSSR count). The summed E-state index contributed by atoms with van der Waals surface area (Å²) in [6.45, 7) is 8.87. The number of anilines is 1. The van der Waals surface area contributed by atoms with Gasteiger partial charge in [-0.1, -0.05) is 85.4 Å². The van der Waals surface area contributed by atoms with E-state index in [9.17, 15) is 4.79 Å². The van der Waals surface area contributed by atoms with Crippen molar-refractivity contribution in [2.24, 2.45) is 5.92 Å². The Morgan fingerprint density at radius 2 is 1.83 bits per heavy atom. The molecule has 1 aliphatic rings. The lowest BCUT2D eigenvalue weighted by molar-refractivity contribution is -0.151. The molecule has 2 atom stereocenters. The van der Waals surface area contributed by atoms with E-state index >= 15 is 0 Å². The summed E-state index contributed by atoms with van der Waals surface area (Å²) in [5, 5.41) is 4.29. The van der Waals surface area contributed by atoms with E-state index in [-0.39, 0.29) is 29.1 Å². The van der Waals surface area contributed by atoms with Gasteiger partial charge in [0.25, 0.3) is 0 Å². The van der Waals surface area contributed by atoms with Crippen LogP contribution < -0.4 is 15.8 Å². The molecule has 3 aromatic heterocycles. The highest BCUT2D eigenvalue weighted by atomic mass is 35.5. The minimum Gasteiger partial charge on any atom is -0.496 e. The van der Waals surface area contributed by atoms with Crippen LogP contribution in [0.15, 0.2) is 73.1 Å². The average molecular weight is 665 g/mol. The lowest BCUT2D eigenvalue weighted by atomic mass is 9.98. The Morgan fingerprint density at radius 1 is 1.10 bits per heavy atom. The van der Waals surface area contributed by atoms with Gasteiger partial charge in [-0.25, -0.2) is 4.98 Å². The standard InChI is InChI=1S/C38H41ClN6O3/c1-6-11-25(3)48-37(46)33(29-12-9-7-8-10-13-29)42-21-28-16-14-27(15-17-28)18-19-30-22-45(36-32(30)35(39)43-38(40)44-36)23-31-26(4)34(47-5)24(2)20-41-31/h7-10,12-17,20,22,25,29,33,42H,6,11,21,23H2,1-5H3,(H2,40,43,44)/t25?,33-/m0/s1. The van der Waals surface area contributed by atoms with Crippen molar-refractivity contribution in [3.63, 3.8) is 0 Å². The Kier molecular flexibility index (Phi) is 11.3. The summed E-state index contributed by atoms with van der Waals surface area (Å²) in [5.41, 5.74) is 11.8. The van der Waals surface area contributed by atoms with Gasteiger partial charge >= 0.3 is 5.97 Å². The first kappa shape index (κ1) is 34.4. The van der Waals surface area contributed by atoms with Gasteiger partial charge in [-0.15, -0.1) is 0 Å². The summed E-state index contributed by atoms with van der Waals surface area (Å²) in [7, 11) is 1.66. The van der Waals surface area contributed by atoms with E-state index in [1.54, 1.807) is 13.3 Å². The lowest BCUT2D eigenvalue weighted by Crippen LogP contribution is -2.43. The van der Waals surface area contributed by atoms with Crippen molar-refractivity contribution in [2.45, 2.75) is 65.8 Å². The number of ether oxygens (including phenoxy) is 2. The molecule has 3 heterocycles. The molecule has 3 N–H and O–H groups in total. The Bertz CT molecular complexity index is 1920. The number of nitrogens with zero attached hydrogens (tertiary/aromatic N) is 4. The van der Waals surface area contributed by atoms with Crippen LogP contribution in [0.5, 0.6) is 5.75 Å². The molecule has 48 heavy (non-hydrogen) atoms. The predicted octanol–water partition coefficient (Wildman–Crippen LogP) is 6.62. The minimum absolute atomic E-state index is 0.0791. The number of esters is 1. The van der Waals surface area contributed by atoms with Gasteiger partial charge in [0.1, 0.15) is 22.6 Å². The van der Waals surface area contributed by atoms with Crippen LogP contribution >= 0.6 is 11.6 Å². The van der Waals surface area contributed by atoms with Crippen LogP contribution in [-0.2, 0) is 22.6 Å². The highest BCUT2D eigenvalue weighted by molar-refractivity contribution is 6.34. The summed E-state index contributed by atoms with van der Waals surface area (Å²) in [5.74, 6) is 7.00. The molecule has 0 fully saturated rings. The van der Waals surface area contributed by atoms with Crippen LogP contribution in [0, 0.1) is 31.6 Å². The van der Waals surface area contributed by atoms with Crippen LogP contribution in [0.2, 0.25) is 5.15 Å². The number of nitrogens with two attached hydrogens (primary N) is 1. The number of nitrogens with one attached hydrogen (secondary N) is 1. The van der Waals surface area contributed by atoms with Crippen LogP contribution in [-0.4, -0.2) is 44.7 Å².